The summed E-state index contributed by atoms with van der Waals surface area (Å²) in [4.78, 5) is 24.4. The van der Waals surface area contributed by atoms with Gasteiger partial charge in [-0.3, -0.25) is 9.59 Å². The highest BCUT2D eigenvalue weighted by Gasteiger charge is 2.49. The van der Waals surface area contributed by atoms with Gasteiger partial charge in [-0.15, -0.1) is 0 Å². The van der Waals surface area contributed by atoms with Crippen molar-refractivity contribution in [3.63, 3.8) is 0 Å². The van der Waals surface area contributed by atoms with Crippen LogP contribution in [0.2, 0.25) is 5.02 Å². The molecule has 0 bridgehead atoms. The topological polar surface area (TPSA) is 77.8 Å². The number of halogens is 1. The summed E-state index contributed by atoms with van der Waals surface area (Å²) < 4.78 is 0. The van der Waals surface area contributed by atoms with Gasteiger partial charge in [0, 0.05) is 23.7 Å². The number of aliphatic hydroxyl groups is 1. The molecule has 1 unspecified atom stereocenters. The lowest BCUT2D eigenvalue weighted by Crippen LogP contribution is -2.38. The number of hydrogen-bond acceptors (Lipinski definition) is 3. The third-order valence-corrected chi connectivity index (χ3v) is 3.40. The Bertz CT molecular complexity index is 487. The van der Waals surface area contributed by atoms with E-state index in [2.05, 4.69) is 0 Å². The number of amides is 1. The quantitative estimate of drug-likeness (QED) is 0.863. The Labute approximate surface area is 109 Å². The minimum absolute atomic E-state index is 0.0285. The minimum Gasteiger partial charge on any atom is -0.481 e. The number of aliphatic carboxylic acids is 1. The molecule has 0 saturated carbocycles. The van der Waals surface area contributed by atoms with E-state index in [0.29, 0.717) is 10.7 Å². The van der Waals surface area contributed by atoms with E-state index in [-0.39, 0.29) is 18.9 Å². The molecule has 0 spiro atoms. The summed E-state index contributed by atoms with van der Waals surface area (Å²) in [5.41, 5.74) is -0.822. The summed E-state index contributed by atoms with van der Waals surface area (Å²) >= 11 is 5.75. The summed E-state index contributed by atoms with van der Waals surface area (Å²) in [5.74, 6) is -1.47. The van der Waals surface area contributed by atoms with E-state index >= 15 is 0 Å². The van der Waals surface area contributed by atoms with Crippen LogP contribution in [-0.2, 0) is 9.59 Å². The zero-order valence-electron chi connectivity index (χ0n) is 9.47. The molecule has 1 aliphatic rings. The fraction of sp³-hybridized carbons (Fsp3) is 0.333. The third kappa shape index (κ3) is 2.07. The number of benzene rings is 1. The van der Waals surface area contributed by atoms with Crippen LogP contribution < -0.4 is 4.90 Å². The maximum Gasteiger partial charge on any atom is 0.314 e. The van der Waals surface area contributed by atoms with Crippen molar-refractivity contribution < 1.29 is 19.8 Å². The van der Waals surface area contributed by atoms with Crippen molar-refractivity contribution in [1.29, 1.82) is 0 Å². The molecule has 1 aromatic carbocycles. The van der Waals surface area contributed by atoms with Crippen molar-refractivity contribution in [2.24, 2.45) is 5.41 Å². The van der Waals surface area contributed by atoms with Gasteiger partial charge in [0.15, 0.2) is 0 Å². The SMILES string of the molecule is O=C1CC(CO)(C(=O)O)CN1c1ccc(Cl)cc1. The molecular weight excluding hydrogens is 258 g/mol. The van der Waals surface area contributed by atoms with E-state index in [9.17, 15) is 14.7 Å². The lowest BCUT2D eigenvalue weighted by molar-refractivity contribution is -0.150. The Morgan fingerprint density at radius 2 is 2.00 bits per heavy atom. The van der Waals surface area contributed by atoms with Crippen LogP contribution in [0, 0.1) is 5.41 Å². The molecule has 1 atom stereocenters. The fourth-order valence-corrected chi connectivity index (χ4v) is 2.13. The van der Waals surface area contributed by atoms with Crippen LogP contribution in [0.5, 0.6) is 0 Å². The number of aliphatic hydroxyl groups excluding tert-OH is 1. The average Bonchev–Trinajstić information content (AvgIpc) is 2.69. The Morgan fingerprint density at radius 1 is 1.39 bits per heavy atom. The molecule has 0 aromatic heterocycles. The van der Waals surface area contributed by atoms with Gasteiger partial charge in [0.05, 0.1) is 6.61 Å². The Balaban J connectivity index is 2.29. The normalized spacial score (nSPS) is 23.4. The first kappa shape index (κ1) is 12.9. The predicted molar refractivity (Wildman–Crippen MR) is 65.6 cm³/mol. The smallest absolute Gasteiger partial charge is 0.314 e. The van der Waals surface area contributed by atoms with Crippen molar-refractivity contribution in [2.45, 2.75) is 6.42 Å². The van der Waals surface area contributed by atoms with Crippen LogP contribution in [0.1, 0.15) is 6.42 Å². The number of carbonyl (C=O) groups excluding carboxylic acids is 1. The van der Waals surface area contributed by atoms with Crippen LogP contribution >= 0.6 is 11.6 Å². The van der Waals surface area contributed by atoms with Gasteiger partial charge in [-0.2, -0.15) is 0 Å². The molecule has 1 heterocycles. The number of carboxylic acids is 1. The second-order valence-corrected chi connectivity index (χ2v) is 4.81. The Morgan fingerprint density at radius 3 is 2.44 bits per heavy atom. The monoisotopic (exact) mass is 269 g/mol. The van der Waals surface area contributed by atoms with Crippen molar-refractivity contribution in [1.82, 2.24) is 0 Å². The molecule has 0 radical (unpaired) electrons. The van der Waals surface area contributed by atoms with Crippen LogP contribution in [0.3, 0.4) is 0 Å². The van der Waals surface area contributed by atoms with Crippen molar-refractivity contribution >= 4 is 29.2 Å². The number of carboxylic acid groups (broad SMARTS) is 1. The van der Waals surface area contributed by atoms with Gasteiger partial charge in [0.1, 0.15) is 5.41 Å². The van der Waals surface area contributed by atoms with Crippen LogP contribution in [0.15, 0.2) is 24.3 Å². The predicted octanol–water partition coefficient (Wildman–Crippen LogP) is 1.14. The highest BCUT2D eigenvalue weighted by Crippen LogP contribution is 2.34. The van der Waals surface area contributed by atoms with E-state index in [0.717, 1.165) is 0 Å². The number of carbonyl (C=O) groups is 2. The van der Waals surface area contributed by atoms with E-state index in [1.807, 2.05) is 0 Å². The van der Waals surface area contributed by atoms with Crippen LogP contribution in [0.4, 0.5) is 5.69 Å². The van der Waals surface area contributed by atoms with E-state index in [4.69, 9.17) is 16.7 Å². The fourth-order valence-electron chi connectivity index (χ4n) is 2.00. The molecule has 96 valence electrons. The summed E-state index contributed by atoms with van der Waals surface area (Å²) in [7, 11) is 0. The van der Waals surface area contributed by atoms with Gasteiger partial charge in [-0.1, -0.05) is 11.6 Å². The second-order valence-electron chi connectivity index (χ2n) is 4.38. The molecule has 5 nitrogen and oxygen atoms in total. The van der Waals surface area contributed by atoms with Gasteiger partial charge in [0.25, 0.3) is 0 Å². The van der Waals surface area contributed by atoms with Gasteiger partial charge in [-0.05, 0) is 24.3 Å². The largest absolute Gasteiger partial charge is 0.481 e. The van der Waals surface area contributed by atoms with E-state index in [1.54, 1.807) is 24.3 Å². The molecule has 0 aliphatic carbocycles. The second kappa shape index (κ2) is 4.59. The molecule has 2 N–H and O–H groups in total. The number of nitrogens with zero attached hydrogens (tertiary/aromatic N) is 1. The zero-order chi connectivity index (χ0) is 13.3. The molecule has 2 rings (SSSR count). The highest BCUT2D eigenvalue weighted by molar-refractivity contribution is 6.30. The molecule has 1 saturated heterocycles. The Kier molecular flexibility index (Phi) is 3.28. The maximum atomic E-state index is 11.9. The number of hydrogen-bond donors (Lipinski definition) is 2. The first-order valence-corrected chi connectivity index (χ1v) is 5.76. The van der Waals surface area contributed by atoms with Gasteiger partial charge < -0.3 is 15.1 Å². The first-order chi connectivity index (χ1) is 8.48. The van der Waals surface area contributed by atoms with E-state index < -0.39 is 18.0 Å². The molecular formula is C12H12ClNO4. The summed E-state index contributed by atoms with van der Waals surface area (Å²) in [6.45, 7) is -0.586. The third-order valence-electron chi connectivity index (χ3n) is 3.15. The van der Waals surface area contributed by atoms with E-state index in [1.165, 1.54) is 4.90 Å². The van der Waals surface area contributed by atoms with Crippen molar-refractivity contribution in [3.8, 4) is 0 Å². The van der Waals surface area contributed by atoms with Crippen LogP contribution in [0.25, 0.3) is 0 Å². The lowest BCUT2D eigenvalue weighted by atomic mass is 9.88. The maximum absolute atomic E-state index is 11.9. The summed E-state index contributed by atoms with van der Waals surface area (Å²) in [6.07, 6.45) is -0.193. The number of anilines is 1. The first-order valence-electron chi connectivity index (χ1n) is 5.39. The van der Waals surface area contributed by atoms with Gasteiger partial charge >= 0.3 is 5.97 Å². The summed E-state index contributed by atoms with van der Waals surface area (Å²) in [5, 5.41) is 18.9. The molecule has 1 aromatic rings. The molecule has 1 amide bonds. The molecule has 1 fully saturated rings. The lowest BCUT2D eigenvalue weighted by Gasteiger charge is -2.21. The molecule has 1 aliphatic heterocycles. The van der Waals surface area contributed by atoms with Crippen molar-refractivity contribution in [3.05, 3.63) is 29.3 Å². The average molecular weight is 270 g/mol. The zero-order valence-corrected chi connectivity index (χ0v) is 10.2. The molecule has 6 heteroatoms. The van der Waals surface area contributed by atoms with Gasteiger partial charge in [0.2, 0.25) is 5.91 Å². The molecule has 18 heavy (non-hydrogen) atoms. The Hall–Kier alpha value is -1.59. The summed E-state index contributed by atoms with van der Waals surface area (Å²) in [6, 6.07) is 6.55. The van der Waals surface area contributed by atoms with Crippen molar-refractivity contribution in [2.75, 3.05) is 18.1 Å². The van der Waals surface area contributed by atoms with Crippen LogP contribution in [-0.4, -0.2) is 35.2 Å². The highest BCUT2D eigenvalue weighted by atomic mass is 35.5. The minimum atomic E-state index is -1.41. The van der Waals surface area contributed by atoms with Gasteiger partial charge in [-0.25, -0.2) is 0 Å². The number of rotatable bonds is 3. The standard InChI is InChI=1S/C12H12ClNO4/c13-8-1-3-9(4-2-8)14-6-12(7-15,11(17)18)5-10(14)16/h1-4,15H,5-7H2,(H,17,18).